The summed E-state index contributed by atoms with van der Waals surface area (Å²) in [6, 6.07) is 12.5. The Morgan fingerprint density at radius 1 is 1.23 bits per heavy atom. The van der Waals surface area contributed by atoms with E-state index in [0.717, 1.165) is 16.7 Å². The fourth-order valence-corrected chi connectivity index (χ4v) is 3.31. The Hall–Kier alpha value is -2.54. The first-order chi connectivity index (χ1) is 12.5. The highest BCUT2D eigenvalue weighted by molar-refractivity contribution is 7.98. The molecule has 0 aliphatic heterocycles. The van der Waals surface area contributed by atoms with Crippen molar-refractivity contribution < 1.29 is 23.8 Å². The molecule has 0 radical (unpaired) electrons. The highest BCUT2D eigenvalue weighted by Crippen LogP contribution is 2.18. The van der Waals surface area contributed by atoms with Gasteiger partial charge in [-0.15, -0.1) is 0 Å². The molecule has 0 bridgehead atoms. The minimum atomic E-state index is -1.13. The van der Waals surface area contributed by atoms with E-state index in [2.05, 4.69) is 5.32 Å². The lowest BCUT2D eigenvalue weighted by Crippen LogP contribution is -2.42. The first-order valence-electron chi connectivity index (χ1n) is 7.98. The lowest BCUT2D eigenvalue weighted by Gasteiger charge is -2.15. The minimum absolute atomic E-state index is 0.0704. The number of rotatable bonds is 8. The highest BCUT2D eigenvalue weighted by Gasteiger charge is 2.20. The number of carbonyl (C=O) groups excluding carboxylic acids is 1. The van der Waals surface area contributed by atoms with Gasteiger partial charge in [0.05, 0.1) is 0 Å². The molecule has 2 aromatic rings. The van der Waals surface area contributed by atoms with Gasteiger partial charge >= 0.3 is 12.1 Å². The van der Waals surface area contributed by atoms with Gasteiger partial charge in [0.25, 0.3) is 0 Å². The number of hydrogen-bond donors (Lipinski definition) is 2. The first-order valence-corrected chi connectivity index (χ1v) is 9.14. The van der Waals surface area contributed by atoms with Gasteiger partial charge in [0.15, 0.2) is 0 Å². The Kier molecular flexibility index (Phi) is 7.47. The zero-order chi connectivity index (χ0) is 18.9. The lowest BCUT2D eigenvalue weighted by atomic mass is 10.1. The molecule has 26 heavy (non-hydrogen) atoms. The number of ether oxygens (including phenoxy) is 1. The summed E-state index contributed by atoms with van der Waals surface area (Å²) in [6.45, 7) is 1.87. The average Bonchev–Trinajstić information content (AvgIpc) is 2.61. The number of benzene rings is 2. The van der Waals surface area contributed by atoms with Crippen molar-refractivity contribution in [2.75, 3.05) is 5.75 Å². The zero-order valence-corrected chi connectivity index (χ0v) is 15.1. The molecule has 0 aliphatic rings. The number of alkyl carbamates (subject to hydrolysis) is 1. The van der Waals surface area contributed by atoms with Crippen molar-refractivity contribution in [1.82, 2.24) is 5.32 Å². The smallest absolute Gasteiger partial charge is 0.408 e. The molecule has 1 atom stereocenters. The van der Waals surface area contributed by atoms with Gasteiger partial charge in [-0.2, -0.15) is 11.8 Å². The normalized spacial score (nSPS) is 11.6. The van der Waals surface area contributed by atoms with Gasteiger partial charge in [-0.1, -0.05) is 36.4 Å². The summed E-state index contributed by atoms with van der Waals surface area (Å²) in [5, 5.41) is 11.6. The van der Waals surface area contributed by atoms with Crippen LogP contribution in [0, 0.1) is 12.7 Å². The first kappa shape index (κ1) is 19.8. The van der Waals surface area contributed by atoms with Crippen LogP contribution in [0.5, 0.6) is 0 Å². The summed E-state index contributed by atoms with van der Waals surface area (Å²) in [7, 11) is 0. The summed E-state index contributed by atoms with van der Waals surface area (Å²) in [4.78, 5) is 23.1. The summed E-state index contributed by atoms with van der Waals surface area (Å²) in [5.41, 5.74) is 2.54. The Bertz CT molecular complexity index is 754. The van der Waals surface area contributed by atoms with Crippen LogP contribution in [0.1, 0.15) is 16.7 Å². The Labute approximate surface area is 155 Å². The Morgan fingerprint density at radius 2 is 1.96 bits per heavy atom. The topological polar surface area (TPSA) is 75.6 Å². The average molecular weight is 377 g/mol. The summed E-state index contributed by atoms with van der Waals surface area (Å²) < 4.78 is 18.1. The molecular weight excluding hydrogens is 357 g/mol. The van der Waals surface area contributed by atoms with E-state index in [9.17, 15) is 19.1 Å². The molecule has 2 rings (SSSR count). The van der Waals surface area contributed by atoms with Gasteiger partial charge < -0.3 is 15.2 Å². The second-order valence-electron chi connectivity index (χ2n) is 5.68. The van der Waals surface area contributed by atoms with E-state index in [4.69, 9.17) is 4.74 Å². The molecule has 1 amide bonds. The van der Waals surface area contributed by atoms with Crippen LogP contribution in [0.2, 0.25) is 0 Å². The standard InChI is InChI=1S/C19H20FNO4S/c1-13-9-16(20)8-7-15(13)11-26-12-17(18(22)23)21-19(24)25-10-14-5-3-2-4-6-14/h2-9,17H,10-12H2,1H3,(H,21,24)(H,22,23). The number of amides is 1. The number of aliphatic carboxylic acids is 1. The zero-order valence-electron chi connectivity index (χ0n) is 14.3. The van der Waals surface area contributed by atoms with Crippen molar-refractivity contribution >= 4 is 23.8 Å². The number of aryl methyl sites for hydroxylation is 1. The van der Waals surface area contributed by atoms with Crippen molar-refractivity contribution in [2.45, 2.75) is 25.3 Å². The third kappa shape index (κ3) is 6.40. The summed E-state index contributed by atoms with van der Waals surface area (Å²) >= 11 is 1.35. The molecule has 0 heterocycles. The molecule has 0 saturated carbocycles. The van der Waals surface area contributed by atoms with Crippen LogP contribution in [0.3, 0.4) is 0 Å². The molecule has 0 fully saturated rings. The van der Waals surface area contributed by atoms with Crippen LogP contribution >= 0.6 is 11.8 Å². The molecule has 0 aliphatic carbocycles. The molecule has 1 unspecified atom stereocenters. The molecular formula is C19H20FNO4S. The van der Waals surface area contributed by atoms with E-state index >= 15 is 0 Å². The highest BCUT2D eigenvalue weighted by atomic mass is 32.2. The SMILES string of the molecule is Cc1cc(F)ccc1CSCC(NC(=O)OCc1ccccc1)C(=O)O. The maximum Gasteiger partial charge on any atom is 0.408 e. The van der Waals surface area contributed by atoms with Crippen molar-refractivity contribution in [1.29, 1.82) is 0 Å². The number of nitrogens with one attached hydrogen (secondary N) is 1. The van der Waals surface area contributed by atoms with E-state index in [-0.39, 0.29) is 18.2 Å². The Morgan fingerprint density at radius 3 is 2.62 bits per heavy atom. The number of carboxylic acid groups (broad SMARTS) is 1. The van der Waals surface area contributed by atoms with Gasteiger partial charge in [-0.05, 0) is 35.7 Å². The third-order valence-electron chi connectivity index (χ3n) is 3.65. The number of halogens is 1. The second-order valence-corrected chi connectivity index (χ2v) is 6.71. The monoisotopic (exact) mass is 377 g/mol. The molecule has 7 heteroatoms. The lowest BCUT2D eigenvalue weighted by molar-refractivity contribution is -0.138. The quantitative estimate of drug-likeness (QED) is 0.733. The number of hydrogen-bond acceptors (Lipinski definition) is 4. The molecule has 2 N–H and O–H groups in total. The van der Waals surface area contributed by atoms with E-state index in [1.807, 2.05) is 30.3 Å². The largest absolute Gasteiger partial charge is 0.480 e. The number of carbonyl (C=O) groups is 2. The summed E-state index contributed by atoms with van der Waals surface area (Å²) in [5.74, 6) is -0.740. The summed E-state index contributed by atoms with van der Waals surface area (Å²) in [6.07, 6.45) is -0.778. The predicted molar refractivity (Wildman–Crippen MR) is 98.5 cm³/mol. The van der Waals surface area contributed by atoms with Gasteiger partial charge in [-0.3, -0.25) is 0 Å². The van der Waals surface area contributed by atoms with Crippen molar-refractivity contribution in [3.05, 3.63) is 71.0 Å². The van der Waals surface area contributed by atoms with Crippen LogP contribution in [0.15, 0.2) is 48.5 Å². The van der Waals surface area contributed by atoms with E-state index in [1.54, 1.807) is 13.0 Å². The fraction of sp³-hybridized carbons (Fsp3) is 0.263. The molecule has 0 saturated heterocycles. The van der Waals surface area contributed by atoms with Gasteiger partial charge in [0.2, 0.25) is 0 Å². The van der Waals surface area contributed by atoms with Crippen LogP contribution in [0.4, 0.5) is 9.18 Å². The van der Waals surface area contributed by atoms with Crippen molar-refractivity contribution in [3.8, 4) is 0 Å². The van der Waals surface area contributed by atoms with Crippen LogP contribution < -0.4 is 5.32 Å². The van der Waals surface area contributed by atoms with E-state index in [1.165, 1.54) is 23.9 Å². The third-order valence-corrected chi connectivity index (χ3v) is 4.73. The van der Waals surface area contributed by atoms with Crippen LogP contribution in [-0.4, -0.2) is 29.0 Å². The number of carboxylic acids is 1. The number of thioether (sulfide) groups is 1. The van der Waals surface area contributed by atoms with Crippen LogP contribution in [-0.2, 0) is 21.9 Å². The Balaban J connectivity index is 1.80. The van der Waals surface area contributed by atoms with Crippen molar-refractivity contribution in [3.63, 3.8) is 0 Å². The molecule has 0 aromatic heterocycles. The van der Waals surface area contributed by atoms with E-state index < -0.39 is 18.1 Å². The predicted octanol–water partition coefficient (Wildman–Crippen LogP) is 3.75. The minimum Gasteiger partial charge on any atom is -0.480 e. The fourth-order valence-electron chi connectivity index (χ4n) is 2.19. The molecule has 0 spiro atoms. The van der Waals surface area contributed by atoms with Crippen molar-refractivity contribution in [2.24, 2.45) is 0 Å². The molecule has 2 aromatic carbocycles. The van der Waals surface area contributed by atoms with E-state index in [0.29, 0.717) is 5.75 Å². The van der Waals surface area contributed by atoms with Crippen LogP contribution in [0.25, 0.3) is 0 Å². The van der Waals surface area contributed by atoms with Gasteiger partial charge in [-0.25, -0.2) is 14.0 Å². The maximum atomic E-state index is 13.1. The van der Waals surface area contributed by atoms with Gasteiger partial charge in [0, 0.05) is 11.5 Å². The van der Waals surface area contributed by atoms with Gasteiger partial charge in [0.1, 0.15) is 18.5 Å². The maximum absolute atomic E-state index is 13.1. The molecule has 5 nitrogen and oxygen atoms in total. The molecule has 138 valence electrons. The second kappa shape index (κ2) is 9.82.